The Hall–Kier alpha value is -3.44. The number of nitrogens with zero attached hydrogens (tertiary/aromatic N) is 2. The van der Waals surface area contributed by atoms with Gasteiger partial charge in [-0.3, -0.25) is 14.6 Å². The summed E-state index contributed by atoms with van der Waals surface area (Å²) in [5.74, 6) is -1.58. The molecule has 1 aliphatic heterocycles. The van der Waals surface area contributed by atoms with Crippen molar-refractivity contribution in [2.75, 3.05) is 0 Å². The summed E-state index contributed by atoms with van der Waals surface area (Å²) in [6, 6.07) is 17.0. The van der Waals surface area contributed by atoms with Gasteiger partial charge >= 0.3 is 0 Å². The van der Waals surface area contributed by atoms with E-state index < -0.39 is 17.7 Å². The fourth-order valence-electron chi connectivity index (χ4n) is 3.59. The summed E-state index contributed by atoms with van der Waals surface area (Å²) in [6.07, 6.45) is 3.31. The van der Waals surface area contributed by atoms with Gasteiger partial charge in [-0.15, -0.1) is 0 Å². The highest BCUT2D eigenvalue weighted by molar-refractivity contribution is 6.46. The standard InChI is InChI=1S/C24H19ClN2O3/c1-15-4-6-17(7-5-15)21-20(22(28)18-8-10-19(25)11-9-18)23(29)24(30)27(21)14-16-3-2-12-26-13-16/h2-13,21,28H,14H2,1H3/b22-20+/t21-/m0/s1. The number of Topliss-reactive ketones (excluding diaryl/α,β-unsaturated/α-hetero) is 1. The van der Waals surface area contributed by atoms with Gasteiger partial charge in [0.05, 0.1) is 11.6 Å². The number of hydrogen-bond acceptors (Lipinski definition) is 4. The summed E-state index contributed by atoms with van der Waals surface area (Å²) < 4.78 is 0. The molecule has 0 saturated carbocycles. The predicted molar refractivity (Wildman–Crippen MR) is 115 cm³/mol. The van der Waals surface area contributed by atoms with Gasteiger partial charge in [0.25, 0.3) is 11.7 Å². The maximum Gasteiger partial charge on any atom is 0.295 e. The predicted octanol–water partition coefficient (Wildman–Crippen LogP) is 4.67. The Labute approximate surface area is 179 Å². The second-order valence-corrected chi connectivity index (χ2v) is 7.64. The van der Waals surface area contributed by atoms with Gasteiger partial charge in [-0.1, -0.05) is 47.5 Å². The van der Waals surface area contributed by atoms with E-state index >= 15 is 0 Å². The van der Waals surface area contributed by atoms with Crippen molar-refractivity contribution in [1.82, 2.24) is 9.88 Å². The van der Waals surface area contributed by atoms with Crippen molar-refractivity contribution >= 4 is 29.1 Å². The minimum Gasteiger partial charge on any atom is -0.507 e. The van der Waals surface area contributed by atoms with Gasteiger partial charge in [-0.25, -0.2) is 0 Å². The minimum absolute atomic E-state index is 0.0649. The minimum atomic E-state index is -0.711. The van der Waals surface area contributed by atoms with Crippen LogP contribution in [0.5, 0.6) is 0 Å². The molecule has 1 amide bonds. The number of amides is 1. The molecular formula is C24H19ClN2O3. The second kappa shape index (κ2) is 8.13. The Morgan fingerprint density at radius 3 is 2.40 bits per heavy atom. The average molecular weight is 419 g/mol. The van der Waals surface area contributed by atoms with Crippen molar-refractivity contribution < 1.29 is 14.7 Å². The van der Waals surface area contributed by atoms with E-state index in [4.69, 9.17) is 11.6 Å². The van der Waals surface area contributed by atoms with E-state index in [1.165, 1.54) is 4.90 Å². The smallest absolute Gasteiger partial charge is 0.295 e. The number of aryl methyl sites for hydroxylation is 1. The molecule has 5 nitrogen and oxygen atoms in total. The van der Waals surface area contributed by atoms with Crippen LogP contribution in [-0.4, -0.2) is 26.7 Å². The van der Waals surface area contributed by atoms with E-state index in [0.717, 1.165) is 16.7 Å². The van der Waals surface area contributed by atoms with E-state index in [1.807, 2.05) is 37.3 Å². The highest BCUT2D eigenvalue weighted by Gasteiger charge is 2.46. The van der Waals surface area contributed by atoms with E-state index in [9.17, 15) is 14.7 Å². The molecule has 1 atom stereocenters. The lowest BCUT2D eigenvalue weighted by atomic mass is 9.94. The maximum absolute atomic E-state index is 13.0. The van der Waals surface area contributed by atoms with Crippen LogP contribution >= 0.6 is 11.6 Å². The van der Waals surface area contributed by atoms with Crippen LogP contribution in [0.25, 0.3) is 5.76 Å². The van der Waals surface area contributed by atoms with Gasteiger partial charge in [-0.05, 0) is 48.4 Å². The summed E-state index contributed by atoms with van der Waals surface area (Å²) in [6.45, 7) is 2.17. The van der Waals surface area contributed by atoms with E-state index in [1.54, 1.807) is 42.7 Å². The largest absolute Gasteiger partial charge is 0.507 e. The molecule has 0 unspecified atom stereocenters. The molecule has 1 fully saturated rings. The zero-order valence-corrected chi connectivity index (χ0v) is 17.0. The molecule has 1 aliphatic rings. The van der Waals surface area contributed by atoms with E-state index in [2.05, 4.69) is 4.98 Å². The van der Waals surface area contributed by atoms with Gasteiger partial charge in [0.2, 0.25) is 0 Å². The number of aliphatic hydroxyl groups excluding tert-OH is 1. The van der Waals surface area contributed by atoms with Gasteiger partial charge in [-0.2, -0.15) is 0 Å². The highest BCUT2D eigenvalue weighted by atomic mass is 35.5. The van der Waals surface area contributed by atoms with E-state index in [-0.39, 0.29) is 17.9 Å². The van der Waals surface area contributed by atoms with Gasteiger partial charge in [0.15, 0.2) is 0 Å². The summed E-state index contributed by atoms with van der Waals surface area (Å²) in [4.78, 5) is 31.5. The van der Waals surface area contributed by atoms with Crippen molar-refractivity contribution in [2.24, 2.45) is 0 Å². The molecule has 4 rings (SSSR count). The van der Waals surface area contributed by atoms with Crippen LogP contribution < -0.4 is 0 Å². The first kappa shape index (κ1) is 19.9. The molecule has 2 heterocycles. The normalized spacial score (nSPS) is 18.1. The molecule has 0 bridgehead atoms. The molecule has 3 aromatic rings. The fraction of sp³-hybridized carbons (Fsp3) is 0.125. The molecule has 1 aromatic heterocycles. The van der Waals surface area contributed by atoms with Gasteiger partial charge in [0.1, 0.15) is 5.76 Å². The first-order valence-corrected chi connectivity index (χ1v) is 9.83. The number of halogens is 1. The Morgan fingerprint density at radius 1 is 1.07 bits per heavy atom. The number of pyridine rings is 1. The molecule has 1 saturated heterocycles. The van der Waals surface area contributed by atoms with Crippen molar-refractivity contribution in [2.45, 2.75) is 19.5 Å². The molecule has 30 heavy (non-hydrogen) atoms. The molecule has 6 heteroatoms. The number of carbonyl (C=O) groups excluding carboxylic acids is 2. The topological polar surface area (TPSA) is 70.5 Å². The number of hydrogen-bond donors (Lipinski definition) is 1. The lowest BCUT2D eigenvalue weighted by Gasteiger charge is -2.25. The zero-order chi connectivity index (χ0) is 21.3. The number of benzene rings is 2. The molecule has 0 aliphatic carbocycles. The Morgan fingerprint density at radius 2 is 1.77 bits per heavy atom. The first-order valence-electron chi connectivity index (χ1n) is 9.45. The Kier molecular flexibility index (Phi) is 5.38. The second-order valence-electron chi connectivity index (χ2n) is 7.21. The van der Waals surface area contributed by atoms with Crippen LogP contribution in [-0.2, 0) is 16.1 Å². The quantitative estimate of drug-likeness (QED) is 0.380. The van der Waals surface area contributed by atoms with Crippen LogP contribution in [0.15, 0.2) is 78.6 Å². The Balaban J connectivity index is 1.85. The van der Waals surface area contributed by atoms with Crippen molar-refractivity contribution in [3.8, 4) is 0 Å². The Bertz CT molecular complexity index is 1120. The van der Waals surface area contributed by atoms with Crippen LogP contribution in [0.2, 0.25) is 5.02 Å². The van der Waals surface area contributed by atoms with Gasteiger partial charge in [0, 0.05) is 29.5 Å². The van der Waals surface area contributed by atoms with Crippen LogP contribution in [0.3, 0.4) is 0 Å². The van der Waals surface area contributed by atoms with Crippen LogP contribution in [0.4, 0.5) is 0 Å². The molecular weight excluding hydrogens is 400 g/mol. The lowest BCUT2D eigenvalue weighted by molar-refractivity contribution is -0.140. The maximum atomic E-state index is 13.0. The average Bonchev–Trinajstić information content (AvgIpc) is 3.00. The molecule has 150 valence electrons. The zero-order valence-electron chi connectivity index (χ0n) is 16.2. The summed E-state index contributed by atoms with van der Waals surface area (Å²) >= 11 is 5.95. The third-order valence-corrected chi connectivity index (χ3v) is 5.38. The molecule has 1 N–H and O–H groups in total. The van der Waals surface area contributed by atoms with Crippen LogP contribution in [0.1, 0.15) is 28.3 Å². The third-order valence-electron chi connectivity index (χ3n) is 5.13. The third kappa shape index (κ3) is 3.72. The van der Waals surface area contributed by atoms with Crippen molar-refractivity contribution in [3.63, 3.8) is 0 Å². The van der Waals surface area contributed by atoms with Crippen LogP contribution in [0, 0.1) is 6.92 Å². The monoisotopic (exact) mass is 418 g/mol. The summed E-state index contributed by atoms with van der Waals surface area (Å²) in [5.41, 5.74) is 3.09. The number of likely N-dealkylation sites (tertiary alicyclic amines) is 1. The van der Waals surface area contributed by atoms with Gasteiger partial charge < -0.3 is 10.0 Å². The summed E-state index contributed by atoms with van der Waals surface area (Å²) in [5, 5.41) is 11.5. The number of rotatable bonds is 4. The molecule has 2 aromatic carbocycles. The highest BCUT2D eigenvalue weighted by Crippen LogP contribution is 2.40. The molecule has 0 spiro atoms. The first-order chi connectivity index (χ1) is 14.5. The fourth-order valence-corrected chi connectivity index (χ4v) is 3.72. The van der Waals surface area contributed by atoms with Crippen molar-refractivity contribution in [1.29, 1.82) is 0 Å². The lowest BCUT2D eigenvalue weighted by Crippen LogP contribution is -2.29. The number of ketones is 1. The SMILES string of the molecule is Cc1ccc([C@H]2/C(=C(\O)c3ccc(Cl)cc3)C(=O)C(=O)N2Cc2cccnc2)cc1. The number of aromatic nitrogens is 1. The van der Waals surface area contributed by atoms with Crippen molar-refractivity contribution in [3.05, 3.63) is 106 Å². The van der Waals surface area contributed by atoms with E-state index in [0.29, 0.717) is 10.6 Å². The number of carbonyl (C=O) groups is 2. The summed E-state index contributed by atoms with van der Waals surface area (Å²) in [7, 11) is 0. The number of aliphatic hydroxyl groups is 1. The molecule has 0 radical (unpaired) electrons.